The maximum atomic E-state index is 9.35. The van der Waals surface area contributed by atoms with E-state index in [0.717, 1.165) is 36.8 Å². The van der Waals surface area contributed by atoms with Gasteiger partial charge in [0.1, 0.15) is 6.07 Å². The van der Waals surface area contributed by atoms with Gasteiger partial charge in [-0.05, 0) is 30.0 Å². The van der Waals surface area contributed by atoms with E-state index in [1.807, 2.05) is 6.07 Å². The van der Waals surface area contributed by atoms with Gasteiger partial charge >= 0.3 is 0 Å². The minimum Gasteiger partial charge on any atom is -0.370 e. The van der Waals surface area contributed by atoms with Gasteiger partial charge in [0.25, 0.3) is 0 Å². The Morgan fingerprint density at radius 1 is 1.47 bits per heavy atom. The molecular formula is C16H23N3. The molecule has 1 unspecified atom stereocenters. The van der Waals surface area contributed by atoms with Crippen LogP contribution < -0.4 is 10.2 Å². The molecule has 1 aliphatic heterocycles. The van der Waals surface area contributed by atoms with Crippen molar-refractivity contribution in [1.82, 2.24) is 5.32 Å². The molecule has 0 amide bonds. The number of anilines is 1. The van der Waals surface area contributed by atoms with Gasteiger partial charge in [0, 0.05) is 25.7 Å². The Bertz CT molecular complexity index is 473. The predicted molar refractivity (Wildman–Crippen MR) is 79.1 cm³/mol. The van der Waals surface area contributed by atoms with Gasteiger partial charge in [-0.1, -0.05) is 26.8 Å². The number of rotatable bonds is 4. The second kappa shape index (κ2) is 6.08. The third kappa shape index (κ3) is 3.48. The van der Waals surface area contributed by atoms with E-state index < -0.39 is 0 Å². The molecule has 0 spiro atoms. The summed E-state index contributed by atoms with van der Waals surface area (Å²) in [6, 6.07) is 9.07. The Labute approximate surface area is 116 Å². The zero-order chi connectivity index (χ0) is 13.8. The SMILES string of the molecule is CC1CCN(c2ccc(CNC(C)C)cc2C#N)C1. The molecule has 0 aliphatic carbocycles. The van der Waals surface area contributed by atoms with Gasteiger partial charge in [0.2, 0.25) is 0 Å². The van der Waals surface area contributed by atoms with E-state index in [1.54, 1.807) is 0 Å². The van der Waals surface area contributed by atoms with Crippen LogP contribution in [0.2, 0.25) is 0 Å². The van der Waals surface area contributed by atoms with Crippen LogP contribution >= 0.6 is 0 Å². The zero-order valence-electron chi connectivity index (χ0n) is 12.1. The molecule has 1 aromatic rings. The second-order valence-corrected chi connectivity index (χ2v) is 5.84. The third-order valence-electron chi connectivity index (χ3n) is 3.66. The quantitative estimate of drug-likeness (QED) is 0.901. The summed E-state index contributed by atoms with van der Waals surface area (Å²) >= 11 is 0. The van der Waals surface area contributed by atoms with Crippen LogP contribution in [0.25, 0.3) is 0 Å². The minimum absolute atomic E-state index is 0.463. The van der Waals surface area contributed by atoms with Crippen molar-refractivity contribution in [3.05, 3.63) is 29.3 Å². The van der Waals surface area contributed by atoms with Gasteiger partial charge in [-0.2, -0.15) is 5.26 Å². The van der Waals surface area contributed by atoms with Crippen LogP contribution in [0.3, 0.4) is 0 Å². The summed E-state index contributed by atoms with van der Waals surface area (Å²) in [7, 11) is 0. The topological polar surface area (TPSA) is 39.1 Å². The lowest BCUT2D eigenvalue weighted by molar-refractivity contribution is 0.589. The van der Waals surface area contributed by atoms with Crippen molar-refractivity contribution in [3.8, 4) is 6.07 Å². The number of hydrogen-bond acceptors (Lipinski definition) is 3. The summed E-state index contributed by atoms with van der Waals surface area (Å²) in [6.45, 7) is 9.49. The molecule has 1 heterocycles. The normalized spacial score (nSPS) is 18.9. The fourth-order valence-electron chi connectivity index (χ4n) is 2.53. The first kappa shape index (κ1) is 13.9. The maximum absolute atomic E-state index is 9.35. The van der Waals surface area contributed by atoms with Gasteiger partial charge in [0.15, 0.2) is 0 Å². The number of nitriles is 1. The highest BCUT2D eigenvalue weighted by Gasteiger charge is 2.21. The van der Waals surface area contributed by atoms with Crippen molar-refractivity contribution in [2.24, 2.45) is 5.92 Å². The molecule has 1 saturated heterocycles. The third-order valence-corrected chi connectivity index (χ3v) is 3.66. The molecule has 1 N–H and O–H groups in total. The van der Waals surface area contributed by atoms with Crippen LogP contribution in [0.1, 0.15) is 38.3 Å². The van der Waals surface area contributed by atoms with E-state index >= 15 is 0 Å². The molecular weight excluding hydrogens is 234 g/mol. The monoisotopic (exact) mass is 257 g/mol. The highest BCUT2D eigenvalue weighted by atomic mass is 15.1. The zero-order valence-corrected chi connectivity index (χ0v) is 12.1. The Morgan fingerprint density at radius 2 is 2.26 bits per heavy atom. The lowest BCUT2D eigenvalue weighted by Gasteiger charge is -2.20. The molecule has 2 rings (SSSR count). The summed E-state index contributed by atoms with van der Waals surface area (Å²) in [5.41, 5.74) is 3.08. The van der Waals surface area contributed by atoms with Crippen molar-refractivity contribution in [1.29, 1.82) is 5.26 Å². The number of benzene rings is 1. The second-order valence-electron chi connectivity index (χ2n) is 5.84. The van der Waals surface area contributed by atoms with Crippen LogP contribution in [0.15, 0.2) is 18.2 Å². The van der Waals surface area contributed by atoms with Gasteiger partial charge in [-0.3, -0.25) is 0 Å². The van der Waals surface area contributed by atoms with Crippen LogP contribution in [-0.2, 0) is 6.54 Å². The van der Waals surface area contributed by atoms with E-state index in [0.29, 0.717) is 6.04 Å². The fourth-order valence-corrected chi connectivity index (χ4v) is 2.53. The molecule has 102 valence electrons. The van der Waals surface area contributed by atoms with Crippen molar-refractivity contribution >= 4 is 5.69 Å². The molecule has 19 heavy (non-hydrogen) atoms. The van der Waals surface area contributed by atoms with E-state index in [-0.39, 0.29) is 0 Å². The summed E-state index contributed by atoms with van der Waals surface area (Å²) in [6.07, 6.45) is 1.22. The van der Waals surface area contributed by atoms with Crippen molar-refractivity contribution < 1.29 is 0 Å². The van der Waals surface area contributed by atoms with Crippen molar-refractivity contribution in [3.63, 3.8) is 0 Å². The lowest BCUT2D eigenvalue weighted by Crippen LogP contribution is -2.23. The summed E-state index contributed by atoms with van der Waals surface area (Å²) in [5, 5.41) is 12.7. The highest BCUT2D eigenvalue weighted by Crippen LogP contribution is 2.27. The fraction of sp³-hybridized carbons (Fsp3) is 0.562. The first-order chi connectivity index (χ1) is 9.10. The molecule has 1 fully saturated rings. The van der Waals surface area contributed by atoms with Gasteiger partial charge < -0.3 is 10.2 Å². The molecule has 1 atom stereocenters. The molecule has 0 aromatic heterocycles. The molecule has 1 aromatic carbocycles. The minimum atomic E-state index is 0.463. The van der Waals surface area contributed by atoms with Crippen LogP contribution in [0, 0.1) is 17.2 Å². The summed E-state index contributed by atoms with van der Waals surface area (Å²) in [4.78, 5) is 2.34. The van der Waals surface area contributed by atoms with E-state index in [1.165, 1.54) is 12.0 Å². The molecule has 0 bridgehead atoms. The lowest BCUT2D eigenvalue weighted by atomic mass is 10.1. The Kier molecular flexibility index (Phi) is 4.44. The van der Waals surface area contributed by atoms with Gasteiger partial charge in [0.05, 0.1) is 11.3 Å². The number of nitrogens with zero attached hydrogens (tertiary/aromatic N) is 2. The smallest absolute Gasteiger partial charge is 0.101 e. The van der Waals surface area contributed by atoms with Crippen LogP contribution in [0.4, 0.5) is 5.69 Å². The van der Waals surface area contributed by atoms with Crippen LogP contribution in [-0.4, -0.2) is 19.1 Å². The Hall–Kier alpha value is -1.53. The highest BCUT2D eigenvalue weighted by molar-refractivity contribution is 5.61. The van der Waals surface area contributed by atoms with E-state index in [4.69, 9.17) is 0 Å². The van der Waals surface area contributed by atoms with Crippen LogP contribution in [0.5, 0.6) is 0 Å². The largest absolute Gasteiger partial charge is 0.370 e. The van der Waals surface area contributed by atoms with Crippen molar-refractivity contribution in [2.45, 2.75) is 39.8 Å². The average Bonchev–Trinajstić information content (AvgIpc) is 2.82. The Balaban J connectivity index is 2.15. The number of nitrogens with one attached hydrogen (secondary N) is 1. The molecule has 1 aliphatic rings. The maximum Gasteiger partial charge on any atom is 0.101 e. The Morgan fingerprint density at radius 3 is 2.84 bits per heavy atom. The standard InChI is InChI=1S/C16H23N3/c1-12(2)18-10-14-4-5-16(15(8-14)9-17)19-7-6-13(3)11-19/h4-5,8,12-13,18H,6-7,10-11H2,1-3H3. The predicted octanol–water partition coefficient (Wildman–Crippen LogP) is 2.90. The first-order valence-electron chi connectivity index (χ1n) is 7.11. The molecule has 0 saturated carbocycles. The van der Waals surface area contributed by atoms with Gasteiger partial charge in [-0.25, -0.2) is 0 Å². The van der Waals surface area contributed by atoms with E-state index in [2.05, 4.69) is 49.2 Å². The summed E-state index contributed by atoms with van der Waals surface area (Å²) in [5.74, 6) is 0.730. The van der Waals surface area contributed by atoms with Crippen molar-refractivity contribution in [2.75, 3.05) is 18.0 Å². The van der Waals surface area contributed by atoms with E-state index in [9.17, 15) is 5.26 Å². The average molecular weight is 257 g/mol. The first-order valence-corrected chi connectivity index (χ1v) is 7.11. The molecule has 3 heteroatoms. The molecule has 0 radical (unpaired) electrons. The molecule has 3 nitrogen and oxygen atoms in total. The number of hydrogen-bond donors (Lipinski definition) is 1. The summed E-state index contributed by atoms with van der Waals surface area (Å²) < 4.78 is 0. The van der Waals surface area contributed by atoms with Gasteiger partial charge in [-0.15, -0.1) is 0 Å².